The van der Waals surface area contributed by atoms with E-state index < -0.39 is 11.7 Å². The van der Waals surface area contributed by atoms with Gasteiger partial charge in [0.25, 0.3) is 5.91 Å². The van der Waals surface area contributed by atoms with Gasteiger partial charge in [-0.05, 0) is 57.9 Å². The molecule has 1 heterocycles. The van der Waals surface area contributed by atoms with Gasteiger partial charge in [0.15, 0.2) is 0 Å². The topological polar surface area (TPSA) is 96.5 Å². The molecule has 1 aromatic heterocycles. The maximum atomic E-state index is 13.0. The second kappa shape index (κ2) is 10.3. The molecule has 0 bridgehead atoms. The molecule has 1 aliphatic rings. The lowest BCUT2D eigenvalue weighted by atomic mass is 9.91. The third kappa shape index (κ3) is 7.00. The second-order valence-electron chi connectivity index (χ2n) is 9.20. The summed E-state index contributed by atoms with van der Waals surface area (Å²) in [4.78, 5) is 38.5. The monoisotopic (exact) mass is 437 g/mol. The lowest BCUT2D eigenvalue weighted by Crippen LogP contribution is -2.42. The summed E-state index contributed by atoms with van der Waals surface area (Å²) in [5, 5.41) is 9.44. The van der Waals surface area contributed by atoms with Crippen LogP contribution in [-0.4, -0.2) is 36.1 Å². The Labute approximate surface area is 183 Å². The lowest BCUT2D eigenvalue weighted by molar-refractivity contribution is -0.116. The molecular formula is C22H35N3O4S. The van der Waals surface area contributed by atoms with E-state index in [2.05, 4.69) is 16.0 Å². The summed E-state index contributed by atoms with van der Waals surface area (Å²) in [6, 6.07) is -0.113. The minimum absolute atomic E-state index is 0.0857. The smallest absolute Gasteiger partial charge is 0.407 e. The van der Waals surface area contributed by atoms with Gasteiger partial charge in [0.2, 0.25) is 5.91 Å². The van der Waals surface area contributed by atoms with Crippen molar-refractivity contribution < 1.29 is 19.1 Å². The summed E-state index contributed by atoms with van der Waals surface area (Å²) < 4.78 is 5.37. The van der Waals surface area contributed by atoms with Gasteiger partial charge in [-0.3, -0.25) is 9.59 Å². The number of ether oxygens (including phenoxy) is 1. The zero-order valence-electron chi connectivity index (χ0n) is 18.9. The molecule has 0 saturated carbocycles. The van der Waals surface area contributed by atoms with Gasteiger partial charge < -0.3 is 20.7 Å². The maximum Gasteiger partial charge on any atom is 0.407 e. The van der Waals surface area contributed by atoms with Crippen LogP contribution in [0.3, 0.4) is 0 Å². The number of amides is 3. The molecule has 0 fully saturated rings. The molecule has 1 aliphatic carbocycles. The second-order valence-corrected chi connectivity index (χ2v) is 10.3. The van der Waals surface area contributed by atoms with E-state index in [0.717, 1.165) is 29.7 Å². The first-order valence-electron chi connectivity index (χ1n) is 10.7. The maximum absolute atomic E-state index is 13.0. The normalized spacial score (nSPS) is 16.0. The Morgan fingerprint density at radius 1 is 1.23 bits per heavy atom. The SMILES string of the molecule is CCCC(=O)Nc1sc2c(c1C(=O)NCC(C)C)CC(NC(=O)OC(C)(C)C)CC2. The standard InChI is InChI=1S/C22H35N3O4S/c1-7-8-17(26)25-20-18(19(27)23-12-13(2)3)15-11-14(9-10-16(15)30-20)24-21(28)29-22(4,5)6/h13-14H,7-12H2,1-6H3,(H,23,27)(H,24,28)(H,25,26). The Balaban J connectivity index is 2.24. The molecule has 3 N–H and O–H groups in total. The molecule has 1 unspecified atom stereocenters. The lowest BCUT2D eigenvalue weighted by Gasteiger charge is -2.26. The molecule has 0 spiro atoms. The fourth-order valence-electron chi connectivity index (χ4n) is 3.31. The van der Waals surface area contributed by atoms with Gasteiger partial charge in [-0.15, -0.1) is 11.3 Å². The number of anilines is 1. The number of aryl methyl sites for hydroxylation is 1. The highest BCUT2D eigenvalue weighted by Crippen LogP contribution is 2.38. The van der Waals surface area contributed by atoms with E-state index in [0.29, 0.717) is 35.9 Å². The Morgan fingerprint density at radius 2 is 1.93 bits per heavy atom. The zero-order valence-corrected chi connectivity index (χ0v) is 19.8. The summed E-state index contributed by atoms with van der Waals surface area (Å²) in [6.07, 6.45) is 2.76. The molecule has 7 nitrogen and oxygen atoms in total. The number of alkyl carbamates (subject to hydrolysis) is 1. The van der Waals surface area contributed by atoms with Crippen LogP contribution in [0.2, 0.25) is 0 Å². The average Bonchev–Trinajstić information content (AvgIpc) is 2.95. The third-order valence-corrected chi connectivity index (χ3v) is 5.82. The van der Waals surface area contributed by atoms with Gasteiger partial charge in [0.05, 0.1) is 5.56 Å². The molecule has 30 heavy (non-hydrogen) atoms. The molecule has 1 aromatic rings. The van der Waals surface area contributed by atoms with Crippen molar-refractivity contribution in [2.45, 2.75) is 85.3 Å². The van der Waals surface area contributed by atoms with Crippen molar-refractivity contribution in [3.05, 3.63) is 16.0 Å². The third-order valence-electron chi connectivity index (χ3n) is 4.61. The van der Waals surface area contributed by atoms with E-state index in [1.165, 1.54) is 11.3 Å². The van der Waals surface area contributed by atoms with Crippen LogP contribution in [0, 0.1) is 5.92 Å². The number of rotatable bonds is 7. The first kappa shape index (κ1) is 24.2. The van der Waals surface area contributed by atoms with Crippen LogP contribution in [0.25, 0.3) is 0 Å². The number of thiophene rings is 1. The first-order chi connectivity index (χ1) is 14.0. The summed E-state index contributed by atoms with van der Waals surface area (Å²) >= 11 is 1.47. The Kier molecular flexibility index (Phi) is 8.29. The van der Waals surface area contributed by atoms with Crippen LogP contribution in [0.15, 0.2) is 0 Å². The van der Waals surface area contributed by atoms with Crippen molar-refractivity contribution in [3.63, 3.8) is 0 Å². The van der Waals surface area contributed by atoms with Gasteiger partial charge >= 0.3 is 6.09 Å². The quantitative estimate of drug-likeness (QED) is 0.594. The number of hydrogen-bond acceptors (Lipinski definition) is 5. The molecule has 2 rings (SSSR count). The molecule has 3 amide bonds. The van der Waals surface area contributed by atoms with E-state index in [-0.39, 0.29) is 17.9 Å². The van der Waals surface area contributed by atoms with Crippen LogP contribution >= 0.6 is 11.3 Å². The molecule has 0 aromatic carbocycles. The Hall–Kier alpha value is -2.09. The molecular weight excluding hydrogens is 402 g/mol. The van der Waals surface area contributed by atoms with Crippen molar-refractivity contribution >= 4 is 34.2 Å². The summed E-state index contributed by atoms with van der Waals surface area (Å²) in [6.45, 7) is 12.1. The van der Waals surface area contributed by atoms with E-state index >= 15 is 0 Å². The van der Waals surface area contributed by atoms with E-state index in [1.54, 1.807) is 0 Å². The first-order valence-corrected chi connectivity index (χ1v) is 11.5. The number of carbonyl (C=O) groups excluding carboxylic acids is 3. The molecule has 0 saturated heterocycles. The summed E-state index contributed by atoms with van der Waals surface area (Å²) in [7, 11) is 0. The molecule has 0 radical (unpaired) electrons. The minimum atomic E-state index is -0.565. The highest BCUT2D eigenvalue weighted by Gasteiger charge is 2.31. The number of hydrogen-bond donors (Lipinski definition) is 3. The summed E-state index contributed by atoms with van der Waals surface area (Å²) in [5.41, 5.74) is 0.890. The van der Waals surface area contributed by atoms with Crippen LogP contribution in [0.1, 0.15) is 81.6 Å². The van der Waals surface area contributed by atoms with Gasteiger partial charge in [-0.25, -0.2) is 4.79 Å². The number of carbonyl (C=O) groups is 3. The highest BCUT2D eigenvalue weighted by molar-refractivity contribution is 7.17. The molecule has 8 heteroatoms. The van der Waals surface area contributed by atoms with Crippen LogP contribution in [-0.2, 0) is 22.4 Å². The fraction of sp³-hybridized carbons (Fsp3) is 0.682. The van der Waals surface area contributed by atoms with Crippen LogP contribution in [0.5, 0.6) is 0 Å². The average molecular weight is 438 g/mol. The fourth-order valence-corrected chi connectivity index (χ4v) is 4.57. The van der Waals surface area contributed by atoms with Gasteiger partial charge in [-0.1, -0.05) is 20.8 Å². The van der Waals surface area contributed by atoms with Crippen molar-refractivity contribution in [2.75, 3.05) is 11.9 Å². The van der Waals surface area contributed by atoms with Crippen LogP contribution in [0.4, 0.5) is 9.80 Å². The minimum Gasteiger partial charge on any atom is -0.444 e. The van der Waals surface area contributed by atoms with Gasteiger partial charge in [0, 0.05) is 23.9 Å². The Morgan fingerprint density at radius 3 is 2.53 bits per heavy atom. The van der Waals surface area contributed by atoms with Gasteiger partial charge in [0.1, 0.15) is 10.6 Å². The van der Waals surface area contributed by atoms with Gasteiger partial charge in [-0.2, -0.15) is 0 Å². The Bertz CT molecular complexity index is 780. The van der Waals surface area contributed by atoms with Crippen molar-refractivity contribution in [1.29, 1.82) is 0 Å². The highest BCUT2D eigenvalue weighted by atomic mass is 32.1. The van der Waals surface area contributed by atoms with Crippen molar-refractivity contribution in [3.8, 4) is 0 Å². The van der Waals surface area contributed by atoms with Crippen molar-refractivity contribution in [2.24, 2.45) is 5.92 Å². The largest absolute Gasteiger partial charge is 0.444 e. The predicted octanol–water partition coefficient (Wildman–Crippen LogP) is 4.25. The van der Waals surface area contributed by atoms with E-state index in [9.17, 15) is 14.4 Å². The van der Waals surface area contributed by atoms with E-state index in [1.807, 2.05) is 41.5 Å². The summed E-state index contributed by atoms with van der Waals surface area (Å²) in [5.74, 6) is 0.0616. The van der Waals surface area contributed by atoms with Crippen LogP contribution < -0.4 is 16.0 Å². The molecule has 0 aliphatic heterocycles. The predicted molar refractivity (Wildman–Crippen MR) is 120 cm³/mol. The van der Waals surface area contributed by atoms with Crippen molar-refractivity contribution in [1.82, 2.24) is 10.6 Å². The zero-order chi connectivity index (χ0) is 22.5. The molecule has 1 atom stereocenters. The molecule has 168 valence electrons. The van der Waals surface area contributed by atoms with E-state index in [4.69, 9.17) is 4.74 Å². The number of nitrogens with one attached hydrogen (secondary N) is 3. The number of fused-ring (bicyclic) bond motifs is 1.